The van der Waals surface area contributed by atoms with Crippen molar-refractivity contribution in [3.05, 3.63) is 70.3 Å². The van der Waals surface area contributed by atoms with Gasteiger partial charge in [-0.25, -0.2) is 0 Å². The second-order valence-electron chi connectivity index (χ2n) is 5.63. The minimum Gasteiger partial charge on any atom is -0.305 e. The topological polar surface area (TPSA) is 3.24 Å². The Hall–Kier alpha value is -1.86. The zero-order chi connectivity index (χ0) is 14.5. The first kappa shape index (κ1) is 14.5. The Morgan fingerprint density at radius 2 is 1.65 bits per heavy atom. The lowest BCUT2D eigenvalue weighted by Crippen LogP contribution is -2.13. The molecule has 0 heterocycles. The molecule has 0 atom stereocenters. The molecular formula is C19H23N. The third kappa shape index (κ3) is 3.82. The van der Waals surface area contributed by atoms with E-state index >= 15 is 0 Å². The van der Waals surface area contributed by atoms with Crippen LogP contribution in [-0.2, 0) is 6.54 Å². The third-order valence-corrected chi connectivity index (χ3v) is 3.38. The van der Waals surface area contributed by atoms with Crippen molar-refractivity contribution in [2.45, 2.75) is 20.4 Å². The van der Waals surface area contributed by atoms with Gasteiger partial charge in [-0.15, -0.1) is 0 Å². The summed E-state index contributed by atoms with van der Waals surface area (Å²) in [6.45, 7) is 5.33. The second kappa shape index (κ2) is 6.53. The first-order valence-electron chi connectivity index (χ1n) is 7.04. The number of hydrogen-bond donors (Lipinski definition) is 0. The Balaban J connectivity index is 2.37. The van der Waals surface area contributed by atoms with E-state index in [0.717, 1.165) is 6.54 Å². The summed E-state index contributed by atoms with van der Waals surface area (Å²) in [7, 11) is 4.23. The predicted octanol–water partition coefficient (Wildman–Crippen LogP) is 4.54. The lowest BCUT2D eigenvalue weighted by atomic mass is 9.97. The van der Waals surface area contributed by atoms with Crippen LogP contribution in [0.5, 0.6) is 0 Å². The molecule has 0 aliphatic carbocycles. The first-order chi connectivity index (χ1) is 9.56. The maximum Gasteiger partial charge on any atom is 0.0236 e. The van der Waals surface area contributed by atoms with Gasteiger partial charge < -0.3 is 4.90 Å². The fraction of sp³-hybridized carbons (Fsp3) is 0.263. The van der Waals surface area contributed by atoms with Gasteiger partial charge in [0.2, 0.25) is 0 Å². The van der Waals surface area contributed by atoms with Gasteiger partial charge in [0.1, 0.15) is 0 Å². The summed E-state index contributed by atoms with van der Waals surface area (Å²) in [5.74, 6) is 0. The van der Waals surface area contributed by atoms with Crippen molar-refractivity contribution in [3.63, 3.8) is 0 Å². The average Bonchev–Trinajstić information content (AvgIpc) is 2.40. The zero-order valence-corrected chi connectivity index (χ0v) is 12.9. The standard InChI is InChI=1S/C19H23N/c1-15-12-16(2)19(14-20(3)4)18(13-15)11-10-17-8-6-5-7-9-17/h5-13H,14H2,1-4H3/b11-10-. The van der Waals surface area contributed by atoms with E-state index < -0.39 is 0 Å². The normalized spacial score (nSPS) is 11.4. The molecule has 2 aromatic carbocycles. The molecule has 0 saturated carbocycles. The lowest BCUT2D eigenvalue weighted by Gasteiger charge is -2.16. The van der Waals surface area contributed by atoms with E-state index in [-0.39, 0.29) is 0 Å². The molecule has 0 aromatic heterocycles. The van der Waals surface area contributed by atoms with Gasteiger partial charge in [0.25, 0.3) is 0 Å². The summed E-state index contributed by atoms with van der Waals surface area (Å²) in [6, 6.07) is 15.0. The third-order valence-electron chi connectivity index (χ3n) is 3.38. The Kier molecular flexibility index (Phi) is 4.75. The van der Waals surface area contributed by atoms with E-state index in [1.807, 2.05) is 6.07 Å². The molecular weight excluding hydrogens is 242 g/mol. The van der Waals surface area contributed by atoms with Crippen molar-refractivity contribution < 1.29 is 0 Å². The first-order valence-corrected chi connectivity index (χ1v) is 7.04. The summed E-state index contributed by atoms with van der Waals surface area (Å²) < 4.78 is 0. The minimum atomic E-state index is 0.973. The van der Waals surface area contributed by atoms with Crippen molar-refractivity contribution in [2.24, 2.45) is 0 Å². The van der Waals surface area contributed by atoms with Crippen molar-refractivity contribution in [2.75, 3.05) is 14.1 Å². The molecule has 0 N–H and O–H groups in total. The highest BCUT2D eigenvalue weighted by molar-refractivity contribution is 5.72. The van der Waals surface area contributed by atoms with Crippen LogP contribution in [0, 0.1) is 13.8 Å². The Labute approximate surface area is 122 Å². The van der Waals surface area contributed by atoms with Gasteiger partial charge in [-0.1, -0.05) is 60.2 Å². The maximum absolute atomic E-state index is 2.27. The molecule has 104 valence electrons. The molecule has 0 radical (unpaired) electrons. The van der Waals surface area contributed by atoms with Crippen LogP contribution in [-0.4, -0.2) is 19.0 Å². The van der Waals surface area contributed by atoms with Crippen LogP contribution in [0.15, 0.2) is 42.5 Å². The molecule has 2 aromatic rings. The van der Waals surface area contributed by atoms with Gasteiger partial charge in [-0.05, 0) is 50.2 Å². The van der Waals surface area contributed by atoms with Gasteiger partial charge in [-0.3, -0.25) is 0 Å². The highest BCUT2D eigenvalue weighted by Crippen LogP contribution is 2.21. The summed E-state index contributed by atoms with van der Waals surface area (Å²) in [5.41, 5.74) is 6.65. The van der Waals surface area contributed by atoms with Crippen LogP contribution in [0.2, 0.25) is 0 Å². The number of rotatable bonds is 4. The monoisotopic (exact) mass is 265 g/mol. The fourth-order valence-electron chi connectivity index (χ4n) is 2.46. The Bertz CT molecular complexity index is 595. The molecule has 1 heteroatoms. The smallest absolute Gasteiger partial charge is 0.0236 e. The van der Waals surface area contributed by atoms with Crippen LogP contribution < -0.4 is 0 Å². The number of aryl methyl sites for hydroxylation is 2. The summed E-state index contributed by atoms with van der Waals surface area (Å²) in [5, 5.41) is 0. The van der Waals surface area contributed by atoms with Crippen LogP contribution in [0.25, 0.3) is 12.2 Å². The molecule has 2 rings (SSSR count). The molecule has 0 saturated heterocycles. The van der Waals surface area contributed by atoms with Crippen molar-refractivity contribution >= 4 is 12.2 Å². The van der Waals surface area contributed by atoms with Gasteiger partial charge in [0.15, 0.2) is 0 Å². The molecule has 0 amide bonds. The second-order valence-corrected chi connectivity index (χ2v) is 5.63. The van der Waals surface area contributed by atoms with Crippen LogP contribution in [0.4, 0.5) is 0 Å². The fourth-order valence-corrected chi connectivity index (χ4v) is 2.46. The highest BCUT2D eigenvalue weighted by Gasteiger charge is 2.06. The molecule has 0 bridgehead atoms. The Morgan fingerprint density at radius 1 is 0.950 bits per heavy atom. The minimum absolute atomic E-state index is 0.973. The van der Waals surface area contributed by atoms with Crippen LogP contribution in [0.3, 0.4) is 0 Å². The quantitative estimate of drug-likeness (QED) is 0.734. The van der Waals surface area contributed by atoms with Crippen molar-refractivity contribution in [3.8, 4) is 0 Å². The summed E-state index contributed by atoms with van der Waals surface area (Å²) in [6.07, 6.45) is 4.42. The molecule has 0 unspecified atom stereocenters. The highest BCUT2D eigenvalue weighted by atomic mass is 15.0. The van der Waals surface area contributed by atoms with E-state index in [2.05, 4.69) is 81.4 Å². The lowest BCUT2D eigenvalue weighted by molar-refractivity contribution is 0.401. The van der Waals surface area contributed by atoms with Crippen molar-refractivity contribution in [1.82, 2.24) is 4.90 Å². The number of nitrogens with zero attached hydrogens (tertiary/aromatic N) is 1. The molecule has 0 spiro atoms. The zero-order valence-electron chi connectivity index (χ0n) is 12.9. The SMILES string of the molecule is Cc1cc(C)c(CN(C)C)c(/C=C\c2ccccc2)c1. The van der Waals surface area contributed by atoms with E-state index in [0.29, 0.717) is 0 Å². The predicted molar refractivity (Wildman–Crippen MR) is 88.7 cm³/mol. The van der Waals surface area contributed by atoms with E-state index in [9.17, 15) is 0 Å². The molecule has 0 aliphatic heterocycles. The molecule has 0 fully saturated rings. The van der Waals surface area contributed by atoms with E-state index in [1.54, 1.807) is 0 Å². The Morgan fingerprint density at radius 3 is 2.30 bits per heavy atom. The van der Waals surface area contributed by atoms with Gasteiger partial charge in [-0.2, -0.15) is 0 Å². The van der Waals surface area contributed by atoms with E-state index in [4.69, 9.17) is 0 Å². The molecule has 0 aliphatic rings. The van der Waals surface area contributed by atoms with Gasteiger partial charge in [0, 0.05) is 6.54 Å². The number of benzene rings is 2. The van der Waals surface area contributed by atoms with Crippen LogP contribution in [0.1, 0.15) is 27.8 Å². The number of hydrogen-bond acceptors (Lipinski definition) is 1. The van der Waals surface area contributed by atoms with Gasteiger partial charge >= 0.3 is 0 Å². The summed E-state index contributed by atoms with van der Waals surface area (Å²) >= 11 is 0. The molecule has 1 nitrogen and oxygen atoms in total. The van der Waals surface area contributed by atoms with E-state index in [1.165, 1.54) is 27.8 Å². The maximum atomic E-state index is 2.27. The van der Waals surface area contributed by atoms with Crippen LogP contribution >= 0.6 is 0 Å². The molecule has 20 heavy (non-hydrogen) atoms. The van der Waals surface area contributed by atoms with Crippen molar-refractivity contribution in [1.29, 1.82) is 0 Å². The van der Waals surface area contributed by atoms with Gasteiger partial charge in [0.05, 0.1) is 0 Å². The summed E-state index contributed by atoms with van der Waals surface area (Å²) in [4.78, 5) is 2.22. The average molecular weight is 265 g/mol. The largest absolute Gasteiger partial charge is 0.305 e.